The van der Waals surface area contributed by atoms with Crippen molar-refractivity contribution in [3.8, 4) is 6.07 Å². The molecule has 0 unspecified atom stereocenters. The SMILES string of the molecule is Cc1ncc(S(=O)(=O)Nc2sc3c(c2C#N)CCNC3)s1. The molecule has 2 aromatic heterocycles. The maximum absolute atomic E-state index is 12.3. The van der Waals surface area contributed by atoms with Crippen LogP contribution in [0.25, 0.3) is 0 Å². The third kappa shape index (κ3) is 2.67. The predicted molar refractivity (Wildman–Crippen MR) is 82.1 cm³/mol. The molecule has 3 rings (SSSR count). The number of thiazole rings is 1. The maximum Gasteiger partial charge on any atom is 0.273 e. The molecule has 2 N–H and O–H groups in total. The molecule has 21 heavy (non-hydrogen) atoms. The molecular formula is C12H12N4O2S3. The molecule has 1 aliphatic heterocycles. The minimum Gasteiger partial charge on any atom is -0.312 e. The van der Waals surface area contributed by atoms with Crippen molar-refractivity contribution in [1.29, 1.82) is 5.26 Å². The summed E-state index contributed by atoms with van der Waals surface area (Å²) in [5.74, 6) is 0. The number of thiophene rings is 1. The van der Waals surface area contributed by atoms with E-state index in [9.17, 15) is 13.7 Å². The highest BCUT2D eigenvalue weighted by molar-refractivity contribution is 7.94. The van der Waals surface area contributed by atoms with E-state index < -0.39 is 10.0 Å². The number of aryl methyl sites for hydroxylation is 1. The zero-order chi connectivity index (χ0) is 15.0. The number of nitrogens with one attached hydrogen (secondary N) is 2. The van der Waals surface area contributed by atoms with Gasteiger partial charge < -0.3 is 5.32 Å². The highest BCUT2D eigenvalue weighted by atomic mass is 32.2. The Kier molecular flexibility index (Phi) is 3.71. The largest absolute Gasteiger partial charge is 0.312 e. The van der Waals surface area contributed by atoms with Crippen LogP contribution in [0.15, 0.2) is 10.4 Å². The minimum atomic E-state index is -3.68. The van der Waals surface area contributed by atoms with Crippen molar-refractivity contribution in [3.63, 3.8) is 0 Å². The number of nitrogens with zero attached hydrogens (tertiary/aromatic N) is 2. The third-order valence-electron chi connectivity index (χ3n) is 3.13. The third-order valence-corrected chi connectivity index (χ3v) is 7.13. The average molecular weight is 340 g/mol. The van der Waals surface area contributed by atoms with Gasteiger partial charge in [-0.25, -0.2) is 13.4 Å². The van der Waals surface area contributed by atoms with Crippen LogP contribution in [0.1, 0.15) is 21.0 Å². The van der Waals surface area contributed by atoms with Crippen molar-refractivity contribution in [3.05, 3.63) is 27.2 Å². The molecule has 1 aliphatic rings. The summed E-state index contributed by atoms with van der Waals surface area (Å²) in [5.41, 5.74) is 1.40. The van der Waals surface area contributed by atoms with Crippen LogP contribution in [-0.4, -0.2) is 19.9 Å². The molecule has 0 atom stereocenters. The normalized spacial score (nSPS) is 14.5. The van der Waals surface area contributed by atoms with Gasteiger partial charge >= 0.3 is 0 Å². The number of hydrogen-bond acceptors (Lipinski definition) is 7. The predicted octanol–water partition coefficient (Wildman–Crippen LogP) is 1.83. The van der Waals surface area contributed by atoms with Crippen molar-refractivity contribution in [2.24, 2.45) is 0 Å². The summed E-state index contributed by atoms with van der Waals surface area (Å²) in [6.07, 6.45) is 2.08. The quantitative estimate of drug-likeness (QED) is 0.889. The van der Waals surface area contributed by atoms with Crippen LogP contribution in [0, 0.1) is 18.3 Å². The van der Waals surface area contributed by atoms with Crippen molar-refractivity contribution >= 4 is 37.7 Å². The fourth-order valence-corrected chi connectivity index (χ4v) is 5.74. The molecule has 0 spiro atoms. The Morgan fingerprint density at radius 2 is 2.29 bits per heavy atom. The molecule has 110 valence electrons. The topological polar surface area (TPSA) is 94.9 Å². The van der Waals surface area contributed by atoms with Gasteiger partial charge in [-0.05, 0) is 25.5 Å². The van der Waals surface area contributed by atoms with E-state index in [1.54, 1.807) is 6.92 Å². The number of hydrogen-bond donors (Lipinski definition) is 2. The molecule has 0 amide bonds. The Morgan fingerprint density at radius 1 is 1.48 bits per heavy atom. The standard InChI is InChI=1S/C12H12N4O2S3/c1-7-15-6-11(19-7)21(17,18)16-12-9(4-13)8-2-3-14-5-10(8)20-12/h6,14,16H,2-3,5H2,1H3. The highest BCUT2D eigenvalue weighted by Crippen LogP contribution is 2.36. The van der Waals surface area contributed by atoms with Gasteiger partial charge in [0.1, 0.15) is 11.1 Å². The fraction of sp³-hybridized carbons (Fsp3) is 0.333. The Morgan fingerprint density at radius 3 is 2.95 bits per heavy atom. The number of anilines is 1. The summed E-state index contributed by atoms with van der Waals surface area (Å²) >= 11 is 2.43. The van der Waals surface area contributed by atoms with Crippen molar-refractivity contribution in [2.75, 3.05) is 11.3 Å². The van der Waals surface area contributed by atoms with Crippen molar-refractivity contribution in [1.82, 2.24) is 10.3 Å². The summed E-state index contributed by atoms with van der Waals surface area (Å²) in [5, 5.41) is 13.6. The Bertz CT molecular complexity index is 829. The number of rotatable bonds is 3. The lowest BCUT2D eigenvalue weighted by molar-refractivity contribution is 0.603. The van der Waals surface area contributed by atoms with Crippen molar-refractivity contribution < 1.29 is 8.42 Å². The molecule has 0 bridgehead atoms. The lowest BCUT2D eigenvalue weighted by Gasteiger charge is -2.11. The van der Waals surface area contributed by atoms with E-state index in [4.69, 9.17) is 0 Å². The van der Waals surface area contributed by atoms with Crippen molar-refractivity contribution in [2.45, 2.75) is 24.1 Å². The summed E-state index contributed by atoms with van der Waals surface area (Å²) in [4.78, 5) is 4.98. The molecule has 0 saturated heterocycles. The molecular weight excluding hydrogens is 328 g/mol. The summed E-state index contributed by atoms with van der Waals surface area (Å²) in [6, 6.07) is 2.13. The molecule has 6 nitrogen and oxygen atoms in total. The molecule has 3 heterocycles. The first-order valence-corrected chi connectivity index (χ1v) is 9.33. The van der Waals surface area contributed by atoms with Crippen LogP contribution in [0.3, 0.4) is 0 Å². The lowest BCUT2D eigenvalue weighted by Crippen LogP contribution is -2.22. The highest BCUT2D eigenvalue weighted by Gasteiger charge is 2.25. The van der Waals surface area contributed by atoms with E-state index >= 15 is 0 Å². The van der Waals surface area contributed by atoms with Gasteiger partial charge in [0.15, 0.2) is 4.21 Å². The molecule has 2 aromatic rings. The zero-order valence-corrected chi connectivity index (χ0v) is 13.6. The van der Waals surface area contributed by atoms with Gasteiger partial charge in [0.25, 0.3) is 10.0 Å². The van der Waals surface area contributed by atoms with Crippen LogP contribution in [0.4, 0.5) is 5.00 Å². The van der Waals surface area contributed by atoms with Gasteiger partial charge in [-0.15, -0.1) is 22.7 Å². The lowest BCUT2D eigenvalue weighted by atomic mass is 10.1. The molecule has 0 aliphatic carbocycles. The summed E-state index contributed by atoms with van der Waals surface area (Å²) in [7, 11) is -3.68. The van der Waals surface area contributed by atoms with Crippen LogP contribution >= 0.6 is 22.7 Å². The number of nitriles is 1. The molecule has 0 aromatic carbocycles. The van der Waals surface area contributed by atoms with E-state index in [0.717, 1.165) is 34.7 Å². The van der Waals surface area contributed by atoms with Gasteiger partial charge in [0.2, 0.25) is 0 Å². The first-order chi connectivity index (χ1) is 10.0. The monoisotopic (exact) mass is 340 g/mol. The minimum absolute atomic E-state index is 0.161. The molecule has 9 heteroatoms. The molecule has 0 radical (unpaired) electrons. The van der Waals surface area contributed by atoms with Gasteiger partial charge in [0, 0.05) is 11.4 Å². The fourth-order valence-electron chi connectivity index (χ4n) is 2.16. The second-order valence-electron chi connectivity index (χ2n) is 4.55. The second-order valence-corrected chi connectivity index (χ2v) is 8.80. The smallest absolute Gasteiger partial charge is 0.273 e. The van der Waals surface area contributed by atoms with Gasteiger partial charge in [0.05, 0.1) is 16.8 Å². The van der Waals surface area contributed by atoms with Crippen LogP contribution < -0.4 is 10.0 Å². The van der Waals surface area contributed by atoms with Gasteiger partial charge in [-0.1, -0.05) is 0 Å². The summed E-state index contributed by atoms with van der Waals surface area (Å²) in [6.45, 7) is 3.23. The number of fused-ring (bicyclic) bond motifs is 1. The first kappa shape index (κ1) is 14.5. The average Bonchev–Trinajstić information content (AvgIpc) is 3.01. The molecule has 0 fully saturated rings. The maximum atomic E-state index is 12.3. The zero-order valence-electron chi connectivity index (χ0n) is 11.1. The van der Waals surface area contributed by atoms with Gasteiger partial charge in [-0.2, -0.15) is 5.26 Å². The first-order valence-electron chi connectivity index (χ1n) is 6.22. The van der Waals surface area contributed by atoms with E-state index in [1.807, 2.05) is 0 Å². The van der Waals surface area contributed by atoms with Crippen LogP contribution in [0.2, 0.25) is 0 Å². The molecule has 0 saturated carbocycles. The van der Waals surface area contributed by atoms with E-state index in [-0.39, 0.29) is 4.21 Å². The summed E-state index contributed by atoms with van der Waals surface area (Å²) < 4.78 is 27.4. The van der Waals surface area contributed by atoms with E-state index in [2.05, 4.69) is 21.1 Å². The van der Waals surface area contributed by atoms with Crippen LogP contribution in [-0.2, 0) is 23.0 Å². The second kappa shape index (κ2) is 5.38. The van der Waals surface area contributed by atoms with E-state index in [1.165, 1.54) is 17.5 Å². The Labute approximate surface area is 130 Å². The Hall–Kier alpha value is -1.47. The van der Waals surface area contributed by atoms with Crippen LogP contribution in [0.5, 0.6) is 0 Å². The Balaban J connectivity index is 1.99. The van der Waals surface area contributed by atoms with Gasteiger partial charge in [-0.3, -0.25) is 4.72 Å². The number of sulfonamides is 1. The van der Waals surface area contributed by atoms with E-state index in [0.29, 0.717) is 22.1 Å². The number of aromatic nitrogens is 1.